The lowest BCUT2D eigenvalue weighted by Crippen LogP contribution is -2.24. The molecule has 0 aliphatic carbocycles. The minimum absolute atomic E-state index is 0.157. The van der Waals surface area contributed by atoms with E-state index in [2.05, 4.69) is 10.1 Å². The lowest BCUT2D eigenvalue weighted by molar-refractivity contribution is 0.0763. The SMILES string of the molecule is Cn1cc2c(-c3cc(F)c(CN4Cc5ncccc5C4=O)c(F)c3)ccc(OCc3ccccc3)c2n1. The molecular weight excluding hydrogens is 474 g/mol. The van der Waals surface area contributed by atoms with E-state index in [0.29, 0.717) is 40.3 Å². The summed E-state index contributed by atoms with van der Waals surface area (Å²) in [6.07, 6.45) is 3.40. The van der Waals surface area contributed by atoms with Gasteiger partial charge in [0, 0.05) is 30.4 Å². The average Bonchev–Trinajstić information content (AvgIpc) is 3.44. The topological polar surface area (TPSA) is 60.2 Å². The molecule has 1 aliphatic rings. The molecule has 0 bridgehead atoms. The maximum atomic E-state index is 15.3. The smallest absolute Gasteiger partial charge is 0.256 e. The summed E-state index contributed by atoms with van der Waals surface area (Å²) in [7, 11) is 1.79. The van der Waals surface area contributed by atoms with Gasteiger partial charge in [0.1, 0.15) is 29.5 Å². The molecule has 5 aromatic rings. The first-order valence-electron chi connectivity index (χ1n) is 11.8. The van der Waals surface area contributed by atoms with Gasteiger partial charge in [-0.25, -0.2) is 8.78 Å². The Labute approximate surface area is 211 Å². The van der Waals surface area contributed by atoms with E-state index in [0.717, 1.165) is 10.9 Å². The molecule has 0 N–H and O–H groups in total. The number of amides is 1. The van der Waals surface area contributed by atoms with Crippen molar-refractivity contribution in [2.75, 3.05) is 0 Å². The Bertz CT molecular complexity index is 1630. The molecule has 6 nitrogen and oxygen atoms in total. The Morgan fingerprint density at radius 1 is 0.973 bits per heavy atom. The number of nitrogens with zero attached hydrogens (tertiary/aromatic N) is 4. The predicted octanol–water partition coefficient (Wildman–Crippen LogP) is 5.65. The van der Waals surface area contributed by atoms with Gasteiger partial charge in [-0.15, -0.1) is 0 Å². The highest BCUT2D eigenvalue weighted by molar-refractivity contribution is 5.98. The van der Waals surface area contributed by atoms with E-state index in [9.17, 15) is 4.79 Å². The monoisotopic (exact) mass is 496 g/mol. The average molecular weight is 497 g/mol. The molecule has 0 spiro atoms. The summed E-state index contributed by atoms with van der Waals surface area (Å²) in [6, 6.07) is 19.3. The molecule has 2 aromatic heterocycles. The third-order valence-electron chi connectivity index (χ3n) is 6.54. The lowest BCUT2D eigenvalue weighted by atomic mass is 9.99. The molecule has 8 heteroatoms. The highest BCUT2D eigenvalue weighted by Crippen LogP contribution is 2.36. The number of carbonyl (C=O) groups is 1. The Balaban J connectivity index is 1.30. The van der Waals surface area contributed by atoms with Crippen molar-refractivity contribution in [3.63, 3.8) is 0 Å². The van der Waals surface area contributed by atoms with Crippen LogP contribution >= 0.6 is 0 Å². The van der Waals surface area contributed by atoms with E-state index < -0.39 is 11.6 Å². The summed E-state index contributed by atoms with van der Waals surface area (Å²) in [5, 5.41) is 5.24. The highest BCUT2D eigenvalue weighted by atomic mass is 19.1. The quantitative estimate of drug-likeness (QED) is 0.305. The van der Waals surface area contributed by atoms with Crippen LogP contribution in [0.4, 0.5) is 8.78 Å². The second-order valence-corrected chi connectivity index (χ2v) is 9.03. The third-order valence-corrected chi connectivity index (χ3v) is 6.54. The number of ether oxygens (including phenoxy) is 1. The van der Waals surface area contributed by atoms with Crippen LogP contribution in [-0.2, 0) is 26.7 Å². The maximum Gasteiger partial charge on any atom is 0.256 e. The fraction of sp³-hybridized carbons (Fsp3) is 0.138. The van der Waals surface area contributed by atoms with Crippen LogP contribution in [0, 0.1) is 11.6 Å². The van der Waals surface area contributed by atoms with E-state index in [1.165, 1.54) is 17.0 Å². The van der Waals surface area contributed by atoms with E-state index in [-0.39, 0.29) is 24.6 Å². The number of aromatic nitrogens is 3. The molecule has 1 aliphatic heterocycles. The summed E-state index contributed by atoms with van der Waals surface area (Å²) in [5.41, 5.74) is 3.55. The van der Waals surface area contributed by atoms with Gasteiger partial charge in [-0.1, -0.05) is 30.3 Å². The van der Waals surface area contributed by atoms with Gasteiger partial charge in [-0.3, -0.25) is 14.5 Å². The molecule has 0 atom stereocenters. The van der Waals surface area contributed by atoms with Gasteiger partial charge in [0.2, 0.25) is 0 Å². The number of pyridine rings is 1. The largest absolute Gasteiger partial charge is 0.487 e. The fourth-order valence-electron chi connectivity index (χ4n) is 4.71. The van der Waals surface area contributed by atoms with Gasteiger partial charge in [0.15, 0.2) is 0 Å². The molecule has 6 rings (SSSR count). The minimum Gasteiger partial charge on any atom is -0.487 e. The summed E-state index contributed by atoms with van der Waals surface area (Å²) in [5.74, 6) is -1.13. The van der Waals surface area contributed by atoms with Crippen molar-refractivity contribution in [2.45, 2.75) is 19.7 Å². The first kappa shape index (κ1) is 22.8. The molecule has 0 saturated heterocycles. The zero-order valence-corrected chi connectivity index (χ0v) is 20.0. The van der Waals surface area contributed by atoms with Crippen LogP contribution in [0.3, 0.4) is 0 Å². The first-order chi connectivity index (χ1) is 18.0. The molecule has 37 heavy (non-hydrogen) atoms. The molecular formula is C29H22F2N4O2. The van der Waals surface area contributed by atoms with Crippen LogP contribution in [0.2, 0.25) is 0 Å². The first-order valence-corrected chi connectivity index (χ1v) is 11.8. The number of rotatable bonds is 6. The van der Waals surface area contributed by atoms with E-state index >= 15 is 8.78 Å². The van der Waals surface area contributed by atoms with Gasteiger partial charge >= 0.3 is 0 Å². The zero-order chi connectivity index (χ0) is 25.5. The minimum atomic E-state index is -0.715. The normalized spacial score (nSPS) is 12.8. The van der Waals surface area contributed by atoms with Gasteiger partial charge in [0.05, 0.1) is 24.3 Å². The second kappa shape index (κ2) is 9.13. The molecule has 3 aromatic carbocycles. The molecule has 0 radical (unpaired) electrons. The van der Waals surface area contributed by atoms with Crippen LogP contribution in [0.1, 0.15) is 27.2 Å². The van der Waals surface area contributed by atoms with Crippen LogP contribution < -0.4 is 4.74 Å². The number of carbonyl (C=O) groups excluding carboxylic acids is 1. The van der Waals surface area contributed by atoms with Crippen LogP contribution in [-0.4, -0.2) is 25.6 Å². The van der Waals surface area contributed by atoms with Crippen LogP contribution in [0.5, 0.6) is 5.75 Å². The number of fused-ring (bicyclic) bond motifs is 2. The summed E-state index contributed by atoms with van der Waals surface area (Å²) >= 11 is 0. The zero-order valence-electron chi connectivity index (χ0n) is 20.0. The Kier molecular flexibility index (Phi) is 5.64. The number of aryl methyl sites for hydroxylation is 1. The van der Waals surface area contributed by atoms with Crippen molar-refractivity contribution in [1.29, 1.82) is 0 Å². The molecule has 0 saturated carbocycles. The van der Waals surface area contributed by atoms with Crippen molar-refractivity contribution >= 4 is 16.8 Å². The summed E-state index contributed by atoms with van der Waals surface area (Å²) in [6.45, 7) is 0.413. The fourth-order valence-corrected chi connectivity index (χ4v) is 4.71. The van der Waals surface area contributed by atoms with Gasteiger partial charge in [-0.05, 0) is 53.1 Å². The van der Waals surface area contributed by atoms with Crippen molar-refractivity contribution in [3.05, 3.63) is 113 Å². The van der Waals surface area contributed by atoms with Gasteiger partial charge in [0.25, 0.3) is 5.91 Å². The van der Waals surface area contributed by atoms with Crippen molar-refractivity contribution in [2.24, 2.45) is 7.05 Å². The Hall–Kier alpha value is -4.59. The van der Waals surface area contributed by atoms with Crippen molar-refractivity contribution in [1.82, 2.24) is 19.7 Å². The molecule has 0 fully saturated rings. The standard InChI is InChI=1S/C29H22F2N4O2/c1-34-14-22-20(9-10-27(28(22)33-34)37-17-18-6-3-2-4-7-18)19-12-24(30)23(25(31)13-19)15-35-16-26-21(29(35)36)8-5-11-32-26/h2-14H,15-17H2,1H3. The molecule has 0 unspecified atom stereocenters. The molecule has 184 valence electrons. The second-order valence-electron chi connectivity index (χ2n) is 9.03. The van der Waals surface area contributed by atoms with E-state index in [1.807, 2.05) is 30.3 Å². The molecule has 3 heterocycles. The number of hydrogen-bond donors (Lipinski definition) is 0. The lowest BCUT2D eigenvalue weighted by Gasteiger charge is -2.17. The highest BCUT2D eigenvalue weighted by Gasteiger charge is 2.29. The van der Waals surface area contributed by atoms with Crippen molar-refractivity contribution < 1.29 is 18.3 Å². The van der Waals surface area contributed by atoms with E-state index in [1.54, 1.807) is 48.4 Å². The maximum absolute atomic E-state index is 15.3. The Morgan fingerprint density at radius 2 is 1.76 bits per heavy atom. The van der Waals surface area contributed by atoms with Crippen LogP contribution in [0.25, 0.3) is 22.0 Å². The predicted molar refractivity (Wildman–Crippen MR) is 135 cm³/mol. The summed E-state index contributed by atoms with van der Waals surface area (Å²) < 4.78 is 38.2. The number of hydrogen-bond acceptors (Lipinski definition) is 4. The van der Waals surface area contributed by atoms with Crippen LogP contribution in [0.15, 0.2) is 79.1 Å². The van der Waals surface area contributed by atoms with Crippen molar-refractivity contribution in [3.8, 4) is 16.9 Å². The van der Waals surface area contributed by atoms with Gasteiger partial charge in [-0.2, -0.15) is 5.10 Å². The third kappa shape index (κ3) is 4.20. The summed E-state index contributed by atoms with van der Waals surface area (Å²) in [4.78, 5) is 18.3. The number of halogens is 2. The number of benzene rings is 3. The molecule has 1 amide bonds. The van der Waals surface area contributed by atoms with Gasteiger partial charge < -0.3 is 9.64 Å². The Morgan fingerprint density at radius 3 is 2.51 bits per heavy atom. The van der Waals surface area contributed by atoms with E-state index in [4.69, 9.17) is 4.74 Å².